The number of halogens is 1. The molecule has 0 aliphatic rings. The summed E-state index contributed by atoms with van der Waals surface area (Å²) in [4.78, 5) is 15.3. The van der Waals surface area contributed by atoms with Crippen molar-refractivity contribution < 1.29 is 9.90 Å². The minimum atomic E-state index is -0.856. The van der Waals surface area contributed by atoms with Crippen molar-refractivity contribution in [2.45, 2.75) is 19.9 Å². The average Bonchev–Trinajstić information content (AvgIpc) is 2.81. The van der Waals surface area contributed by atoms with Gasteiger partial charge in [0.2, 0.25) is 0 Å². The highest BCUT2D eigenvalue weighted by atomic mass is 35.5. The molecule has 2 aromatic rings. The molecule has 20 heavy (non-hydrogen) atoms. The average molecular weight is 310 g/mol. The summed E-state index contributed by atoms with van der Waals surface area (Å²) >= 11 is 7.69. The molecule has 2 rings (SSSR count). The second kappa shape index (κ2) is 6.29. The summed E-state index contributed by atoms with van der Waals surface area (Å²) in [5.74, 6) is -0.856. The van der Waals surface area contributed by atoms with E-state index in [1.807, 2.05) is 43.0 Å². The van der Waals surface area contributed by atoms with Crippen LogP contribution in [0.5, 0.6) is 0 Å². The Kier molecular flexibility index (Phi) is 4.68. The van der Waals surface area contributed by atoms with Crippen LogP contribution in [-0.2, 0) is 4.79 Å². The number of anilines is 1. The molecule has 0 radical (unpaired) electrons. The van der Waals surface area contributed by atoms with Gasteiger partial charge in [-0.25, -0.2) is 0 Å². The van der Waals surface area contributed by atoms with E-state index in [9.17, 15) is 4.79 Å². The van der Waals surface area contributed by atoms with Gasteiger partial charge in [-0.3, -0.25) is 4.79 Å². The predicted molar refractivity (Wildman–Crippen MR) is 83.9 cm³/mol. The fourth-order valence-electron chi connectivity index (χ4n) is 2.08. The maximum Gasteiger partial charge on any atom is 0.323 e. The number of carbonyl (C=O) groups is 1. The van der Waals surface area contributed by atoms with Gasteiger partial charge in [-0.15, -0.1) is 11.3 Å². The molecule has 106 valence electrons. The van der Waals surface area contributed by atoms with Crippen LogP contribution < -0.4 is 4.90 Å². The number of aliphatic carboxylic acids is 1. The first kappa shape index (κ1) is 14.9. The molecule has 5 heteroatoms. The van der Waals surface area contributed by atoms with Gasteiger partial charge in [0.05, 0.1) is 6.04 Å². The molecule has 1 aromatic carbocycles. The SMILES string of the molecule is Cc1ccc(C(C)N(CC(=O)O)c2cccc(Cl)c2)s1. The zero-order chi connectivity index (χ0) is 14.7. The Hall–Kier alpha value is -1.52. The van der Waals surface area contributed by atoms with Gasteiger partial charge in [-0.05, 0) is 44.2 Å². The molecule has 0 aliphatic heterocycles. The molecule has 0 saturated carbocycles. The number of thiophene rings is 1. The largest absolute Gasteiger partial charge is 0.480 e. The van der Waals surface area contributed by atoms with Crippen LogP contribution >= 0.6 is 22.9 Å². The summed E-state index contributed by atoms with van der Waals surface area (Å²) in [6.07, 6.45) is 0. The normalized spacial score (nSPS) is 12.2. The Balaban J connectivity index is 2.34. The highest BCUT2D eigenvalue weighted by Gasteiger charge is 2.20. The molecule has 0 spiro atoms. The third kappa shape index (κ3) is 3.52. The van der Waals surface area contributed by atoms with E-state index in [0.717, 1.165) is 10.6 Å². The van der Waals surface area contributed by atoms with E-state index in [4.69, 9.17) is 16.7 Å². The van der Waals surface area contributed by atoms with Gasteiger partial charge in [0.25, 0.3) is 0 Å². The highest BCUT2D eigenvalue weighted by Crippen LogP contribution is 2.32. The quantitative estimate of drug-likeness (QED) is 0.892. The molecule has 1 heterocycles. The fourth-order valence-corrected chi connectivity index (χ4v) is 3.21. The topological polar surface area (TPSA) is 40.5 Å². The van der Waals surface area contributed by atoms with Crippen molar-refractivity contribution in [3.8, 4) is 0 Å². The Morgan fingerprint density at radius 2 is 2.15 bits per heavy atom. The molecular formula is C15H16ClNO2S. The molecule has 1 unspecified atom stereocenters. The van der Waals surface area contributed by atoms with E-state index in [1.54, 1.807) is 23.5 Å². The van der Waals surface area contributed by atoms with Gasteiger partial charge < -0.3 is 10.0 Å². The maximum absolute atomic E-state index is 11.1. The number of rotatable bonds is 5. The lowest BCUT2D eigenvalue weighted by Crippen LogP contribution is -2.31. The molecule has 0 saturated heterocycles. The maximum atomic E-state index is 11.1. The zero-order valence-electron chi connectivity index (χ0n) is 11.3. The Morgan fingerprint density at radius 3 is 2.70 bits per heavy atom. The van der Waals surface area contributed by atoms with Crippen molar-refractivity contribution in [1.29, 1.82) is 0 Å². The van der Waals surface area contributed by atoms with Crippen molar-refractivity contribution >= 4 is 34.6 Å². The van der Waals surface area contributed by atoms with Crippen molar-refractivity contribution in [1.82, 2.24) is 0 Å². The predicted octanol–water partition coefficient (Wildman–Crippen LogP) is 4.36. The Bertz CT molecular complexity index is 611. The summed E-state index contributed by atoms with van der Waals surface area (Å²) in [5, 5.41) is 9.75. The smallest absolute Gasteiger partial charge is 0.323 e. The molecule has 0 fully saturated rings. The molecular weight excluding hydrogens is 294 g/mol. The number of benzene rings is 1. The van der Waals surface area contributed by atoms with E-state index in [0.29, 0.717) is 5.02 Å². The fraction of sp³-hybridized carbons (Fsp3) is 0.267. The van der Waals surface area contributed by atoms with Crippen LogP contribution in [0.15, 0.2) is 36.4 Å². The van der Waals surface area contributed by atoms with Gasteiger partial charge >= 0.3 is 5.97 Å². The lowest BCUT2D eigenvalue weighted by molar-refractivity contribution is -0.135. The van der Waals surface area contributed by atoms with Crippen LogP contribution in [0.4, 0.5) is 5.69 Å². The van der Waals surface area contributed by atoms with Crippen LogP contribution in [0, 0.1) is 6.92 Å². The number of hydrogen-bond acceptors (Lipinski definition) is 3. The van der Waals surface area contributed by atoms with Crippen molar-refractivity contribution in [2.24, 2.45) is 0 Å². The van der Waals surface area contributed by atoms with E-state index in [-0.39, 0.29) is 12.6 Å². The monoisotopic (exact) mass is 309 g/mol. The van der Waals surface area contributed by atoms with Crippen LogP contribution in [0.3, 0.4) is 0 Å². The molecule has 1 aromatic heterocycles. The van der Waals surface area contributed by atoms with Gasteiger partial charge in [0, 0.05) is 20.5 Å². The first-order valence-corrected chi connectivity index (χ1v) is 7.47. The number of aryl methyl sites for hydroxylation is 1. The minimum Gasteiger partial charge on any atom is -0.480 e. The van der Waals surface area contributed by atoms with E-state index >= 15 is 0 Å². The third-order valence-corrected chi connectivity index (χ3v) is 4.49. The van der Waals surface area contributed by atoms with E-state index in [2.05, 4.69) is 0 Å². The van der Waals surface area contributed by atoms with E-state index < -0.39 is 5.97 Å². The Labute approximate surface area is 127 Å². The number of carboxylic acid groups (broad SMARTS) is 1. The minimum absolute atomic E-state index is 0.0109. The summed E-state index contributed by atoms with van der Waals surface area (Å²) in [5.41, 5.74) is 0.818. The van der Waals surface area contributed by atoms with Crippen molar-refractivity contribution in [3.63, 3.8) is 0 Å². The molecule has 0 amide bonds. The van der Waals surface area contributed by atoms with Crippen LogP contribution in [-0.4, -0.2) is 17.6 Å². The van der Waals surface area contributed by atoms with Gasteiger partial charge in [0.15, 0.2) is 0 Å². The van der Waals surface area contributed by atoms with Crippen molar-refractivity contribution in [2.75, 3.05) is 11.4 Å². The third-order valence-electron chi connectivity index (χ3n) is 3.09. The van der Waals surface area contributed by atoms with Gasteiger partial charge in [0.1, 0.15) is 6.54 Å². The summed E-state index contributed by atoms with van der Waals surface area (Å²) in [6.45, 7) is 4.00. The number of carboxylic acids is 1. The molecule has 1 atom stereocenters. The standard InChI is InChI=1S/C15H16ClNO2S/c1-10-6-7-14(20-10)11(2)17(9-15(18)19)13-5-3-4-12(16)8-13/h3-8,11H,9H2,1-2H3,(H,18,19). The van der Waals surface area contributed by atoms with Crippen LogP contribution in [0.25, 0.3) is 0 Å². The number of hydrogen-bond donors (Lipinski definition) is 1. The molecule has 1 N–H and O–H groups in total. The van der Waals surface area contributed by atoms with Gasteiger partial charge in [-0.1, -0.05) is 17.7 Å². The van der Waals surface area contributed by atoms with Crippen LogP contribution in [0.2, 0.25) is 5.02 Å². The first-order chi connectivity index (χ1) is 9.47. The molecule has 0 bridgehead atoms. The van der Waals surface area contributed by atoms with Crippen molar-refractivity contribution in [3.05, 3.63) is 51.2 Å². The second-order valence-electron chi connectivity index (χ2n) is 4.63. The lowest BCUT2D eigenvalue weighted by Gasteiger charge is -2.29. The Morgan fingerprint density at radius 1 is 1.40 bits per heavy atom. The molecule has 0 aliphatic carbocycles. The number of nitrogens with zero attached hydrogens (tertiary/aromatic N) is 1. The first-order valence-electron chi connectivity index (χ1n) is 6.27. The second-order valence-corrected chi connectivity index (χ2v) is 6.38. The lowest BCUT2D eigenvalue weighted by atomic mass is 10.2. The van der Waals surface area contributed by atoms with Gasteiger partial charge in [-0.2, -0.15) is 0 Å². The summed E-state index contributed by atoms with van der Waals surface area (Å²) < 4.78 is 0. The van der Waals surface area contributed by atoms with E-state index in [1.165, 1.54) is 4.88 Å². The highest BCUT2D eigenvalue weighted by molar-refractivity contribution is 7.12. The molecule has 3 nitrogen and oxygen atoms in total. The van der Waals surface area contributed by atoms with Crippen LogP contribution in [0.1, 0.15) is 22.7 Å². The zero-order valence-corrected chi connectivity index (χ0v) is 12.9. The summed E-state index contributed by atoms with van der Waals surface area (Å²) in [6, 6.07) is 11.4. The summed E-state index contributed by atoms with van der Waals surface area (Å²) in [7, 11) is 0.